The van der Waals surface area contributed by atoms with Gasteiger partial charge in [0, 0.05) is 20.0 Å². The van der Waals surface area contributed by atoms with Crippen LogP contribution in [0.15, 0.2) is 30.3 Å². The van der Waals surface area contributed by atoms with Gasteiger partial charge in [0.1, 0.15) is 13.2 Å². The van der Waals surface area contributed by atoms with E-state index in [9.17, 15) is 9.59 Å². The van der Waals surface area contributed by atoms with E-state index < -0.39 is 0 Å². The largest absolute Gasteiger partial charge is 0.465 e. The van der Waals surface area contributed by atoms with Crippen LogP contribution in [0, 0.1) is 0 Å². The number of ether oxygens (including phenoxy) is 3. The highest BCUT2D eigenvalue weighted by Gasteiger charge is 2.21. The van der Waals surface area contributed by atoms with Gasteiger partial charge in [-0.05, 0) is 5.56 Å². The summed E-state index contributed by atoms with van der Waals surface area (Å²) >= 11 is 0. The maximum Gasteiger partial charge on any atom is 0.409 e. The van der Waals surface area contributed by atoms with Gasteiger partial charge < -0.3 is 19.1 Å². The Bertz CT molecular complexity index is 485. The van der Waals surface area contributed by atoms with Crippen molar-refractivity contribution in [1.82, 2.24) is 4.90 Å². The Kier molecular flexibility index (Phi) is 6.21. The van der Waals surface area contributed by atoms with Gasteiger partial charge in [-0.1, -0.05) is 30.3 Å². The van der Waals surface area contributed by atoms with Gasteiger partial charge in [0.15, 0.2) is 0 Å². The van der Waals surface area contributed by atoms with Gasteiger partial charge in [0.25, 0.3) is 0 Å². The first kappa shape index (κ1) is 16.3. The van der Waals surface area contributed by atoms with Crippen LogP contribution in [0.2, 0.25) is 0 Å². The zero-order chi connectivity index (χ0) is 15.8. The molecule has 0 unspecified atom stereocenters. The van der Waals surface area contributed by atoms with Crippen molar-refractivity contribution in [3.8, 4) is 0 Å². The second kappa shape index (κ2) is 8.38. The van der Waals surface area contributed by atoms with Crippen LogP contribution in [0.25, 0.3) is 0 Å². The number of hydrogen-bond donors (Lipinski definition) is 0. The first-order chi connectivity index (χ1) is 10.7. The number of morpholine rings is 1. The van der Waals surface area contributed by atoms with E-state index in [0.29, 0.717) is 26.3 Å². The summed E-state index contributed by atoms with van der Waals surface area (Å²) in [5.41, 5.74) is 0.971. The Labute approximate surface area is 129 Å². The molecule has 0 aromatic heterocycles. The van der Waals surface area contributed by atoms with Crippen LogP contribution in [0.3, 0.4) is 0 Å². The molecule has 0 spiro atoms. The highest BCUT2D eigenvalue weighted by molar-refractivity contribution is 5.68. The number of amides is 1. The maximum atomic E-state index is 12.0. The van der Waals surface area contributed by atoms with Crippen molar-refractivity contribution >= 4 is 12.1 Å². The van der Waals surface area contributed by atoms with E-state index in [2.05, 4.69) is 0 Å². The Morgan fingerprint density at radius 3 is 2.41 bits per heavy atom. The summed E-state index contributed by atoms with van der Waals surface area (Å²) in [6.07, 6.45) is -0.355. The van der Waals surface area contributed by atoms with E-state index in [1.165, 1.54) is 6.92 Å². The molecular formula is C16H21NO5. The summed E-state index contributed by atoms with van der Waals surface area (Å²) in [4.78, 5) is 24.6. The summed E-state index contributed by atoms with van der Waals surface area (Å²) in [5, 5.41) is 0. The number of carbonyl (C=O) groups is 2. The summed E-state index contributed by atoms with van der Waals surface area (Å²) < 4.78 is 15.6. The molecule has 0 radical (unpaired) electrons. The molecule has 0 bridgehead atoms. The van der Waals surface area contributed by atoms with Gasteiger partial charge in [-0.25, -0.2) is 4.79 Å². The summed E-state index contributed by atoms with van der Waals surface area (Å²) in [6.45, 7) is 3.87. The van der Waals surface area contributed by atoms with Crippen LogP contribution in [0.4, 0.5) is 4.79 Å². The lowest BCUT2D eigenvalue weighted by Crippen LogP contribution is -2.41. The Hall–Kier alpha value is -2.08. The minimum atomic E-state index is -0.355. The number of esters is 1. The van der Waals surface area contributed by atoms with Gasteiger partial charge in [0.05, 0.1) is 19.1 Å². The lowest BCUT2D eigenvalue weighted by molar-refractivity contribution is -0.141. The summed E-state index contributed by atoms with van der Waals surface area (Å²) in [6, 6.07) is 9.57. The van der Waals surface area contributed by atoms with Gasteiger partial charge in [-0.15, -0.1) is 0 Å². The van der Waals surface area contributed by atoms with E-state index in [0.717, 1.165) is 5.56 Å². The number of rotatable bonds is 5. The highest BCUT2D eigenvalue weighted by atomic mass is 16.6. The average molecular weight is 307 g/mol. The zero-order valence-electron chi connectivity index (χ0n) is 12.7. The van der Waals surface area contributed by atoms with Crippen LogP contribution in [-0.4, -0.2) is 56.5 Å². The van der Waals surface area contributed by atoms with E-state index >= 15 is 0 Å². The average Bonchev–Trinajstić information content (AvgIpc) is 2.56. The number of carbonyl (C=O) groups excluding carboxylic acids is 2. The first-order valence-electron chi connectivity index (χ1n) is 7.34. The molecular weight excluding hydrogens is 286 g/mol. The topological polar surface area (TPSA) is 65.1 Å². The molecule has 1 saturated heterocycles. The standard InChI is InChI=1S/C16H21NO5/c1-13(18)21-11-15(14-5-3-2-4-6-14)12-22-16(19)17-7-9-20-10-8-17/h2-6,15H,7-12H2,1H3/t15-/m0/s1. The predicted octanol–water partition coefficient (Wildman–Crippen LogP) is 1.80. The molecule has 0 saturated carbocycles. The smallest absolute Gasteiger partial charge is 0.409 e. The van der Waals surface area contributed by atoms with E-state index in [4.69, 9.17) is 14.2 Å². The molecule has 1 heterocycles. The third kappa shape index (κ3) is 5.04. The Morgan fingerprint density at radius 2 is 1.77 bits per heavy atom. The van der Waals surface area contributed by atoms with Crippen molar-refractivity contribution in [1.29, 1.82) is 0 Å². The van der Waals surface area contributed by atoms with E-state index in [1.807, 2.05) is 30.3 Å². The lowest BCUT2D eigenvalue weighted by atomic mass is 10.0. The van der Waals surface area contributed by atoms with Crippen molar-refractivity contribution < 1.29 is 23.8 Å². The first-order valence-corrected chi connectivity index (χ1v) is 7.34. The fraction of sp³-hybridized carbons (Fsp3) is 0.500. The zero-order valence-corrected chi connectivity index (χ0v) is 12.7. The molecule has 1 aromatic rings. The predicted molar refractivity (Wildman–Crippen MR) is 79.6 cm³/mol. The lowest BCUT2D eigenvalue weighted by Gasteiger charge is -2.27. The molecule has 0 aliphatic carbocycles. The normalized spacial score (nSPS) is 16.0. The third-order valence-electron chi connectivity index (χ3n) is 3.44. The van der Waals surface area contributed by atoms with Crippen molar-refractivity contribution in [3.63, 3.8) is 0 Å². The van der Waals surface area contributed by atoms with Gasteiger partial charge in [-0.2, -0.15) is 0 Å². The molecule has 2 rings (SSSR count). The number of nitrogens with zero attached hydrogens (tertiary/aromatic N) is 1. The Morgan fingerprint density at radius 1 is 1.14 bits per heavy atom. The van der Waals surface area contributed by atoms with Gasteiger partial charge in [-0.3, -0.25) is 4.79 Å². The molecule has 0 N–H and O–H groups in total. The molecule has 1 fully saturated rings. The van der Waals surface area contributed by atoms with Gasteiger partial charge >= 0.3 is 12.1 Å². The molecule has 6 heteroatoms. The van der Waals surface area contributed by atoms with Crippen LogP contribution in [-0.2, 0) is 19.0 Å². The van der Waals surface area contributed by atoms with Crippen molar-refractivity contribution in [3.05, 3.63) is 35.9 Å². The van der Waals surface area contributed by atoms with Crippen molar-refractivity contribution in [2.45, 2.75) is 12.8 Å². The quantitative estimate of drug-likeness (QED) is 0.776. The fourth-order valence-corrected chi connectivity index (χ4v) is 2.19. The molecule has 120 valence electrons. The maximum absolute atomic E-state index is 12.0. The van der Waals surface area contributed by atoms with Crippen molar-refractivity contribution in [2.24, 2.45) is 0 Å². The fourth-order valence-electron chi connectivity index (χ4n) is 2.19. The van der Waals surface area contributed by atoms with E-state index in [-0.39, 0.29) is 31.2 Å². The van der Waals surface area contributed by atoms with Crippen LogP contribution in [0.1, 0.15) is 18.4 Å². The second-order valence-corrected chi connectivity index (χ2v) is 5.09. The molecule has 1 aliphatic heterocycles. The molecule has 6 nitrogen and oxygen atoms in total. The molecule has 1 amide bonds. The molecule has 1 aromatic carbocycles. The van der Waals surface area contributed by atoms with Gasteiger partial charge in [0.2, 0.25) is 0 Å². The molecule has 22 heavy (non-hydrogen) atoms. The van der Waals surface area contributed by atoms with E-state index in [1.54, 1.807) is 4.90 Å². The monoisotopic (exact) mass is 307 g/mol. The second-order valence-electron chi connectivity index (χ2n) is 5.09. The summed E-state index contributed by atoms with van der Waals surface area (Å²) in [7, 11) is 0. The van der Waals surface area contributed by atoms with Crippen LogP contribution >= 0.6 is 0 Å². The van der Waals surface area contributed by atoms with Crippen LogP contribution in [0.5, 0.6) is 0 Å². The molecule has 1 atom stereocenters. The Balaban J connectivity index is 1.91. The number of benzene rings is 1. The SMILES string of the molecule is CC(=O)OC[C@@H](COC(=O)N1CCOCC1)c1ccccc1. The number of hydrogen-bond acceptors (Lipinski definition) is 5. The van der Waals surface area contributed by atoms with Crippen molar-refractivity contribution in [2.75, 3.05) is 39.5 Å². The summed E-state index contributed by atoms with van der Waals surface area (Å²) in [5.74, 6) is -0.518. The minimum Gasteiger partial charge on any atom is -0.465 e. The highest BCUT2D eigenvalue weighted by Crippen LogP contribution is 2.17. The molecule has 1 aliphatic rings. The minimum absolute atomic E-state index is 0.171. The van der Waals surface area contributed by atoms with Crippen LogP contribution < -0.4 is 0 Å². The third-order valence-corrected chi connectivity index (χ3v) is 3.44.